The predicted octanol–water partition coefficient (Wildman–Crippen LogP) is 4.48. The van der Waals surface area contributed by atoms with Crippen molar-refractivity contribution in [2.24, 2.45) is 0 Å². The SMILES string of the molecule is CNC.O=S(=O)(O)C(F)(F)C(F)(F)C(F)(F)CCCCCCC(F)(F)F. The summed E-state index contributed by atoms with van der Waals surface area (Å²) in [5.74, 6) is -11.9. The molecule has 0 amide bonds. The molecule has 14 heteroatoms. The maximum absolute atomic E-state index is 13.1. The van der Waals surface area contributed by atoms with E-state index in [-0.39, 0.29) is 12.8 Å². The molecule has 0 fully saturated rings. The fourth-order valence-corrected chi connectivity index (χ4v) is 2.03. The minimum absolute atomic E-state index is 0.254. The molecule has 0 atom stereocenters. The summed E-state index contributed by atoms with van der Waals surface area (Å²) < 4.78 is 141. The van der Waals surface area contributed by atoms with E-state index in [9.17, 15) is 47.9 Å². The summed E-state index contributed by atoms with van der Waals surface area (Å²) >= 11 is 0. The van der Waals surface area contributed by atoms with Crippen molar-refractivity contribution in [1.29, 1.82) is 0 Å². The highest BCUT2D eigenvalue weighted by molar-refractivity contribution is 7.87. The van der Waals surface area contributed by atoms with Gasteiger partial charge in [0.1, 0.15) is 0 Å². The Balaban J connectivity index is 0. The molecule has 0 radical (unpaired) electrons. The Bertz CT molecular complexity index is 507. The zero-order valence-electron chi connectivity index (χ0n) is 13.8. The van der Waals surface area contributed by atoms with Crippen LogP contribution in [0.3, 0.4) is 0 Å². The number of nitrogens with one attached hydrogen (secondary N) is 1. The monoisotopic (exact) mass is 429 g/mol. The van der Waals surface area contributed by atoms with Gasteiger partial charge in [-0.05, 0) is 26.9 Å². The summed E-state index contributed by atoms with van der Waals surface area (Å²) in [4.78, 5) is 0. The van der Waals surface area contributed by atoms with Crippen LogP contribution < -0.4 is 5.32 Å². The zero-order chi connectivity index (χ0) is 21.4. The number of halogens is 9. The van der Waals surface area contributed by atoms with Gasteiger partial charge in [-0.2, -0.15) is 47.9 Å². The second-order valence-electron chi connectivity index (χ2n) is 5.30. The van der Waals surface area contributed by atoms with Crippen molar-refractivity contribution in [1.82, 2.24) is 5.32 Å². The van der Waals surface area contributed by atoms with Crippen molar-refractivity contribution < 1.29 is 52.5 Å². The van der Waals surface area contributed by atoms with Crippen LogP contribution in [0.2, 0.25) is 0 Å². The van der Waals surface area contributed by atoms with Crippen molar-refractivity contribution in [2.45, 2.75) is 61.8 Å². The molecule has 0 aromatic heterocycles. The van der Waals surface area contributed by atoms with Crippen LogP contribution >= 0.6 is 0 Å². The Morgan fingerprint density at radius 1 is 0.769 bits per heavy atom. The van der Waals surface area contributed by atoms with E-state index in [1.165, 1.54) is 0 Å². The van der Waals surface area contributed by atoms with E-state index in [0.717, 1.165) is 0 Å². The molecule has 0 bridgehead atoms. The first-order chi connectivity index (χ1) is 11.4. The topological polar surface area (TPSA) is 66.4 Å². The van der Waals surface area contributed by atoms with E-state index in [0.29, 0.717) is 0 Å². The molecule has 4 nitrogen and oxygen atoms in total. The Morgan fingerprint density at radius 3 is 1.42 bits per heavy atom. The number of hydrogen-bond donors (Lipinski definition) is 2. The second-order valence-corrected chi connectivity index (χ2v) is 6.76. The quantitative estimate of drug-likeness (QED) is 0.322. The standard InChI is InChI=1S/C10H13F9O3S.C2H7N/c11-7(12,5-3-1-2-4-6-8(13,14)15)9(16,17)10(18,19)23(20,21)22;1-3-2/h1-6H2,(H,20,21,22);3H,1-2H3. The summed E-state index contributed by atoms with van der Waals surface area (Å²) in [5, 5.41) is -3.65. The first kappa shape index (κ1) is 27.5. The summed E-state index contributed by atoms with van der Waals surface area (Å²) in [6, 6.07) is 0. The normalized spacial score (nSPS) is 14.0. The third-order valence-electron chi connectivity index (χ3n) is 2.85. The molecular weight excluding hydrogens is 409 g/mol. The Hall–Kier alpha value is -0.760. The summed E-state index contributed by atoms with van der Waals surface area (Å²) in [6.45, 7) is 0. The van der Waals surface area contributed by atoms with Gasteiger partial charge in [-0.3, -0.25) is 4.55 Å². The fourth-order valence-electron chi connectivity index (χ4n) is 1.56. The average Bonchev–Trinajstić information content (AvgIpc) is 2.40. The van der Waals surface area contributed by atoms with Gasteiger partial charge in [0.25, 0.3) is 0 Å². The van der Waals surface area contributed by atoms with E-state index in [1.54, 1.807) is 0 Å². The molecule has 26 heavy (non-hydrogen) atoms. The molecule has 0 saturated carbocycles. The van der Waals surface area contributed by atoms with Crippen LogP contribution in [0, 0.1) is 0 Å². The van der Waals surface area contributed by atoms with Crippen LogP contribution in [0.5, 0.6) is 0 Å². The van der Waals surface area contributed by atoms with E-state index in [1.807, 2.05) is 14.1 Å². The number of unbranched alkanes of at least 4 members (excludes halogenated alkanes) is 3. The van der Waals surface area contributed by atoms with Gasteiger partial charge in [0.15, 0.2) is 0 Å². The molecular formula is C12H20F9NO3S. The molecule has 0 heterocycles. The molecule has 0 aliphatic carbocycles. The van der Waals surface area contributed by atoms with Gasteiger partial charge >= 0.3 is 33.4 Å². The van der Waals surface area contributed by atoms with Crippen molar-refractivity contribution in [2.75, 3.05) is 14.1 Å². The van der Waals surface area contributed by atoms with Crippen LogP contribution in [0.1, 0.15) is 38.5 Å². The molecule has 2 N–H and O–H groups in total. The van der Waals surface area contributed by atoms with Crippen LogP contribution in [0.4, 0.5) is 39.5 Å². The van der Waals surface area contributed by atoms with Crippen molar-refractivity contribution in [3.05, 3.63) is 0 Å². The largest absolute Gasteiger partial charge is 0.437 e. The van der Waals surface area contributed by atoms with E-state index < -0.39 is 59.1 Å². The molecule has 0 unspecified atom stereocenters. The minimum Gasteiger partial charge on any atom is -0.323 e. The minimum atomic E-state index is -6.79. The lowest BCUT2D eigenvalue weighted by molar-refractivity contribution is -0.282. The highest BCUT2D eigenvalue weighted by Crippen LogP contribution is 2.50. The number of hydrogen-bond acceptors (Lipinski definition) is 3. The third-order valence-corrected chi connectivity index (χ3v) is 3.75. The summed E-state index contributed by atoms with van der Waals surface area (Å²) in [6.07, 6.45) is -9.46. The molecule has 0 spiro atoms. The van der Waals surface area contributed by atoms with Gasteiger partial charge in [-0.15, -0.1) is 0 Å². The first-order valence-electron chi connectivity index (χ1n) is 7.13. The molecule has 0 saturated heterocycles. The number of rotatable bonds is 9. The van der Waals surface area contributed by atoms with E-state index >= 15 is 0 Å². The lowest BCUT2D eigenvalue weighted by Crippen LogP contribution is -2.57. The molecule has 0 rings (SSSR count). The van der Waals surface area contributed by atoms with Gasteiger partial charge < -0.3 is 5.32 Å². The molecule has 0 aliphatic heterocycles. The zero-order valence-corrected chi connectivity index (χ0v) is 14.6. The van der Waals surface area contributed by atoms with Crippen LogP contribution in [-0.2, 0) is 10.1 Å². The predicted molar refractivity (Wildman–Crippen MR) is 75.1 cm³/mol. The smallest absolute Gasteiger partial charge is 0.323 e. The maximum Gasteiger partial charge on any atom is 0.437 e. The second kappa shape index (κ2) is 9.97. The Kier molecular flexibility index (Phi) is 10.5. The van der Waals surface area contributed by atoms with Crippen LogP contribution in [-0.4, -0.2) is 50.3 Å². The van der Waals surface area contributed by atoms with E-state index in [4.69, 9.17) is 4.55 Å². The summed E-state index contributed by atoms with van der Waals surface area (Å²) in [7, 11) is -3.04. The van der Waals surface area contributed by atoms with Gasteiger partial charge in [-0.25, -0.2) is 0 Å². The maximum atomic E-state index is 13.1. The van der Waals surface area contributed by atoms with Crippen LogP contribution in [0.25, 0.3) is 0 Å². The van der Waals surface area contributed by atoms with Crippen molar-refractivity contribution in [3.8, 4) is 0 Å². The lowest BCUT2D eigenvalue weighted by Gasteiger charge is -2.30. The van der Waals surface area contributed by atoms with Gasteiger partial charge in [-0.1, -0.05) is 12.8 Å². The molecule has 0 aromatic carbocycles. The lowest BCUT2D eigenvalue weighted by atomic mass is 10.0. The van der Waals surface area contributed by atoms with Gasteiger partial charge in [0.2, 0.25) is 0 Å². The van der Waals surface area contributed by atoms with Crippen molar-refractivity contribution >= 4 is 10.1 Å². The number of alkyl halides is 9. The summed E-state index contributed by atoms with van der Waals surface area (Å²) in [5.41, 5.74) is 0. The van der Waals surface area contributed by atoms with Gasteiger partial charge in [0, 0.05) is 12.8 Å². The highest BCUT2D eigenvalue weighted by atomic mass is 32.2. The molecule has 0 aliphatic rings. The Morgan fingerprint density at radius 2 is 1.12 bits per heavy atom. The fraction of sp³-hybridized carbons (Fsp3) is 1.00. The first-order valence-corrected chi connectivity index (χ1v) is 8.57. The third kappa shape index (κ3) is 8.29. The average molecular weight is 429 g/mol. The van der Waals surface area contributed by atoms with Gasteiger partial charge in [0.05, 0.1) is 0 Å². The Labute approximate surface area is 144 Å². The van der Waals surface area contributed by atoms with Crippen molar-refractivity contribution in [3.63, 3.8) is 0 Å². The molecule has 160 valence electrons. The highest BCUT2D eigenvalue weighted by Gasteiger charge is 2.76. The van der Waals surface area contributed by atoms with E-state index in [2.05, 4.69) is 5.32 Å². The molecule has 0 aromatic rings. The van der Waals surface area contributed by atoms with Crippen LogP contribution in [0.15, 0.2) is 0 Å².